The summed E-state index contributed by atoms with van der Waals surface area (Å²) in [5.74, 6) is 1.14. The summed E-state index contributed by atoms with van der Waals surface area (Å²) in [6.45, 7) is 8.05. The molecule has 1 unspecified atom stereocenters. The summed E-state index contributed by atoms with van der Waals surface area (Å²) in [6.07, 6.45) is 0.692. The monoisotopic (exact) mass is 295 g/mol. The Balaban J connectivity index is 1.98. The van der Waals surface area contributed by atoms with E-state index in [1.165, 1.54) is 10.6 Å². The van der Waals surface area contributed by atoms with Gasteiger partial charge in [-0.3, -0.25) is 0 Å². The van der Waals surface area contributed by atoms with E-state index in [2.05, 4.69) is 29.2 Å². The molecule has 1 atom stereocenters. The molecule has 1 aromatic rings. The predicted octanol–water partition coefficient (Wildman–Crippen LogP) is 3.16. The van der Waals surface area contributed by atoms with Crippen molar-refractivity contribution >= 4 is 17.4 Å². The molecule has 1 aliphatic heterocycles. The van der Waals surface area contributed by atoms with Crippen LogP contribution in [0.2, 0.25) is 0 Å². The van der Waals surface area contributed by atoms with E-state index in [9.17, 15) is 5.11 Å². The van der Waals surface area contributed by atoms with E-state index in [-0.39, 0.29) is 5.60 Å². The lowest BCUT2D eigenvalue weighted by Gasteiger charge is -2.28. The number of aliphatic hydroxyl groups excluding tert-OH is 1. The van der Waals surface area contributed by atoms with Gasteiger partial charge in [-0.2, -0.15) is 0 Å². The molecule has 0 bridgehead atoms. The van der Waals surface area contributed by atoms with Crippen LogP contribution in [0, 0.1) is 0 Å². The van der Waals surface area contributed by atoms with Crippen molar-refractivity contribution in [3.63, 3.8) is 0 Å². The van der Waals surface area contributed by atoms with Gasteiger partial charge in [0.25, 0.3) is 0 Å². The number of β-amino-alcohol motifs (C(OH)–C–C–N with tert-alkyl or cyclic N) is 1. The van der Waals surface area contributed by atoms with Gasteiger partial charge in [-0.25, -0.2) is 0 Å². The summed E-state index contributed by atoms with van der Waals surface area (Å²) in [7, 11) is 0. The number of hydrogen-bond acceptors (Lipinski definition) is 4. The standard InChI is InChI=1S/C16H25NO2S/c1-16(2,3)19-12-13(18)11-17-9-6-10-20-15-8-5-4-7-14(15)17/h4-5,7-8,13,18H,6,9-12H2,1-3H3. The minimum absolute atomic E-state index is 0.201. The van der Waals surface area contributed by atoms with E-state index < -0.39 is 6.10 Å². The molecule has 112 valence electrons. The maximum Gasteiger partial charge on any atom is 0.0948 e. The Morgan fingerprint density at radius 2 is 2.10 bits per heavy atom. The van der Waals surface area contributed by atoms with Crippen LogP contribution in [0.4, 0.5) is 5.69 Å². The van der Waals surface area contributed by atoms with Crippen LogP contribution in [0.15, 0.2) is 29.2 Å². The number of hydrogen-bond donors (Lipinski definition) is 1. The van der Waals surface area contributed by atoms with Gasteiger partial charge in [-0.1, -0.05) is 12.1 Å². The van der Waals surface area contributed by atoms with E-state index in [1.807, 2.05) is 32.5 Å². The summed E-state index contributed by atoms with van der Waals surface area (Å²) < 4.78 is 5.67. The van der Waals surface area contributed by atoms with Crippen molar-refractivity contribution < 1.29 is 9.84 Å². The second-order valence-corrected chi connectivity index (χ2v) is 7.33. The molecule has 1 aromatic carbocycles. The first-order chi connectivity index (χ1) is 9.46. The fraction of sp³-hybridized carbons (Fsp3) is 0.625. The molecule has 1 heterocycles. The Bertz CT molecular complexity index is 431. The van der Waals surface area contributed by atoms with Gasteiger partial charge in [-0.15, -0.1) is 11.8 Å². The lowest BCUT2D eigenvalue weighted by Crippen LogP contribution is -2.37. The molecular weight excluding hydrogens is 270 g/mol. The first-order valence-corrected chi connectivity index (χ1v) is 8.23. The SMILES string of the molecule is CC(C)(C)OCC(O)CN1CCCSc2ccccc21. The van der Waals surface area contributed by atoms with Crippen LogP contribution in [0.25, 0.3) is 0 Å². The van der Waals surface area contributed by atoms with Crippen LogP contribution in [0.1, 0.15) is 27.2 Å². The first-order valence-electron chi connectivity index (χ1n) is 7.24. The van der Waals surface area contributed by atoms with Crippen LogP contribution in [-0.4, -0.2) is 42.3 Å². The smallest absolute Gasteiger partial charge is 0.0948 e. The highest BCUT2D eigenvalue weighted by atomic mass is 32.2. The predicted molar refractivity (Wildman–Crippen MR) is 85.7 cm³/mol. The van der Waals surface area contributed by atoms with Crippen LogP contribution < -0.4 is 4.90 Å². The van der Waals surface area contributed by atoms with Crippen molar-refractivity contribution in [3.8, 4) is 0 Å². The van der Waals surface area contributed by atoms with Gasteiger partial charge in [0.2, 0.25) is 0 Å². The zero-order chi connectivity index (χ0) is 14.6. The molecule has 1 N–H and O–H groups in total. The van der Waals surface area contributed by atoms with Crippen molar-refractivity contribution in [2.75, 3.05) is 30.3 Å². The van der Waals surface area contributed by atoms with Gasteiger partial charge in [-0.05, 0) is 45.1 Å². The largest absolute Gasteiger partial charge is 0.389 e. The summed E-state index contributed by atoms with van der Waals surface area (Å²) in [6, 6.07) is 8.45. The number of anilines is 1. The van der Waals surface area contributed by atoms with Gasteiger partial charge in [0.1, 0.15) is 0 Å². The number of benzene rings is 1. The van der Waals surface area contributed by atoms with Crippen LogP contribution >= 0.6 is 11.8 Å². The van der Waals surface area contributed by atoms with Crippen molar-refractivity contribution in [1.82, 2.24) is 0 Å². The summed E-state index contributed by atoms with van der Waals surface area (Å²) in [5.41, 5.74) is 1.04. The second kappa shape index (κ2) is 6.83. The number of aliphatic hydroxyl groups is 1. The fourth-order valence-corrected chi connectivity index (χ4v) is 3.25. The zero-order valence-corrected chi connectivity index (χ0v) is 13.4. The first kappa shape index (κ1) is 15.7. The minimum atomic E-state index is -0.453. The highest BCUT2D eigenvalue weighted by molar-refractivity contribution is 7.99. The van der Waals surface area contributed by atoms with E-state index >= 15 is 0 Å². The fourth-order valence-electron chi connectivity index (χ4n) is 2.24. The number of nitrogens with zero attached hydrogens (tertiary/aromatic N) is 1. The summed E-state index contributed by atoms with van der Waals surface area (Å²) >= 11 is 1.90. The maximum absolute atomic E-state index is 10.2. The molecular formula is C16H25NO2S. The molecule has 3 nitrogen and oxygen atoms in total. The topological polar surface area (TPSA) is 32.7 Å². The van der Waals surface area contributed by atoms with Crippen LogP contribution in [0.5, 0.6) is 0 Å². The average Bonchev–Trinajstić information content (AvgIpc) is 2.59. The molecule has 20 heavy (non-hydrogen) atoms. The lowest BCUT2D eigenvalue weighted by molar-refractivity contribution is -0.0463. The Morgan fingerprint density at radius 1 is 1.35 bits per heavy atom. The van der Waals surface area contributed by atoms with Gasteiger partial charge in [0, 0.05) is 18.0 Å². The Kier molecular flexibility index (Phi) is 5.35. The highest BCUT2D eigenvalue weighted by Crippen LogP contribution is 2.33. The Hall–Kier alpha value is -0.710. The zero-order valence-electron chi connectivity index (χ0n) is 12.6. The van der Waals surface area contributed by atoms with E-state index in [4.69, 9.17) is 4.74 Å². The van der Waals surface area contributed by atoms with Crippen molar-refractivity contribution in [3.05, 3.63) is 24.3 Å². The molecule has 1 aliphatic rings. The molecule has 0 saturated heterocycles. The van der Waals surface area contributed by atoms with E-state index in [0.29, 0.717) is 13.2 Å². The lowest BCUT2D eigenvalue weighted by atomic mass is 10.2. The number of rotatable bonds is 4. The summed E-state index contributed by atoms with van der Waals surface area (Å²) in [4.78, 5) is 3.60. The molecule has 0 spiro atoms. The molecule has 2 rings (SSSR count). The normalized spacial score (nSPS) is 17.5. The third-order valence-corrected chi connectivity index (χ3v) is 4.32. The number of thioether (sulfide) groups is 1. The maximum atomic E-state index is 10.2. The molecule has 0 amide bonds. The minimum Gasteiger partial charge on any atom is -0.389 e. The molecule has 0 saturated carbocycles. The molecule has 0 fully saturated rings. The molecule has 0 radical (unpaired) electrons. The van der Waals surface area contributed by atoms with Gasteiger partial charge < -0.3 is 14.7 Å². The van der Waals surface area contributed by atoms with E-state index in [0.717, 1.165) is 18.7 Å². The Labute approximate surface area is 126 Å². The second-order valence-electron chi connectivity index (χ2n) is 6.19. The number of para-hydroxylation sites is 1. The van der Waals surface area contributed by atoms with Gasteiger partial charge in [0.15, 0.2) is 0 Å². The van der Waals surface area contributed by atoms with Gasteiger partial charge in [0.05, 0.1) is 24.0 Å². The quantitative estimate of drug-likeness (QED) is 0.925. The van der Waals surface area contributed by atoms with Crippen molar-refractivity contribution in [2.24, 2.45) is 0 Å². The highest BCUT2D eigenvalue weighted by Gasteiger charge is 2.20. The van der Waals surface area contributed by atoms with Gasteiger partial charge >= 0.3 is 0 Å². The van der Waals surface area contributed by atoms with Crippen molar-refractivity contribution in [1.29, 1.82) is 0 Å². The van der Waals surface area contributed by atoms with Crippen LogP contribution in [-0.2, 0) is 4.74 Å². The molecule has 4 heteroatoms. The van der Waals surface area contributed by atoms with E-state index in [1.54, 1.807) is 0 Å². The third-order valence-electron chi connectivity index (χ3n) is 3.18. The summed E-state index contributed by atoms with van der Waals surface area (Å²) in [5, 5.41) is 10.2. The molecule has 0 aliphatic carbocycles. The van der Waals surface area contributed by atoms with Crippen LogP contribution in [0.3, 0.4) is 0 Å². The Morgan fingerprint density at radius 3 is 2.85 bits per heavy atom. The van der Waals surface area contributed by atoms with Crippen molar-refractivity contribution in [2.45, 2.75) is 43.8 Å². The molecule has 0 aromatic heterocycles. The number of fused-ring (bicyclic) bond motifs is 1. The third kappa shape index (κ3) is 4.69. The number of ether oxygens (including phenoxy) is 1. The average molecular weight is 295 g/mol.